The Kier molecular flexibility index (Phi) is 5.16. The summed E-state index contributed by atoms with van der Waals surface area (Å²) in [4.78, 5) is 41.6. The number of nitrogens with one attached hydrogen (secondary N) is 1. The van der Waals surface area contributed by atoms with E-state index in [9.17, 15) is 14.4 Å². The smallest absolute Gasteiger partial charge is 0.294 e. The van der Waals surface area contributed by atoms with Crippen molar-refractivity contribution in [2.75, 3.05) is 11.9 Å². The molecule has 0 atom stereocenters. The Morgan fingerprint density at radius 3 is 2.64 bits per heavy atom. The molecule has 3 rings (SSSR count). The van der Waals surface area contributed by atoms with E-state index in [1.165, 1.54) is 0 Å². The van der Waals surface area contributed by atoms with Crippen molar-refractivity contribution in [1.29, 1.82) is 0 Å². The Balaban J connectivity index is 1.68. The molecule has 1 aromatic heterocycles. The molecule has 1 fully saturated rings. The van der Waals surface area contributed by atoms with Gasteiger partial charge in [0.15, 0.2) is 0 Å². The lowest BCUT2D eigenvalue weighted by molar-refractivity contribution is -0.127. The number of thioether (sulfide) groups is 1. The molecule has 0 unspecified atom stereocenters. The number of nitrogens with zero attached hydrogens (tertiary/aromatic N) is 2. The van der Waals surface area contributed by atoms with Crippen LogP contribution in [0.15, 0.2) is 53.4 Å². The Labute approximate surface area is 152 Å². The van der Waals surface area contributed by atoms with Crippen molar-refractivity contribution in [3.05, 3.63) is 64.2 Å². The van der Waals surface area contributed by atoms with Gasteiger partial charge in [-0.25, -0.2) is 4.98 Å². The van der Waals surface area contributed by atoms with Crippen LogP contribution in [-0.2, 0) is 9.59 Å². The van der Waals surface area contributed by atoms with E-state index >= 15 is 0 Å². The molecule has 2 heterocycles. The molecule has 8 heteroatoms. The summed E-state index contributed by atoms with van der Waals surface area (Å²) in [7, 11) is 0. The summed E-state index contributed by atoms with van der Waals surface area (Å²) >= 11 is 6.56. The molecule has 1 aliphatic heterocycles. The second-order valence-corrected chi connectivity index (χ2v) is 6.45. The second-order valence-electron chi connectivity index (χ2n) is 5.07. The highest BCUT2D eigenvalue weighted by Gasteiger charge is 2.36. The lowest BCUT2D eigenvalue weighted by atomic mass is 10.2. The summed E-state index contributed by atoms with van der Waals surface area (Å²) < 4.78 is 0. The van der Waals surface area contributed by atoms with E-state index in [0.717, 1.165) is 22.2 Å². The first-order valence-electron chi connectivity index (χ1n) is 7.26. The predicted molar refractivity (Wildman–Crippen MR) is 97.0 cm³/mol. The van der Waals surface area contributed by atoms with Crippen LogP contribution in [0.4, 0.5) is 10.6 Å². The van der Waals surface area contributed by atoms with Gasteiger partial charge in [-0.3, -0.25) is 19.3 Å². The molecule has 3 amide bonds. The number of carbonyl (C=O) groups excluding carboxylic acids is 3. The van der Waals surface area contributed by atoms with Crippen molar-refractivity contribution < 1.29 is 14.4 Å². The summed E-state index contributed by atoms with van der Waals surface area (Å²) in [6.45, 7) is -0.384. The van der Waals surface area contributed by atoms with Gasteiger partial charge in [-0.2, -0.15) is 0 Å². The molecule has 0 bridgehead atoms. The van der Waals surface area contributed by atoms with Crippen molar-refractivity contribution in [3.63, 3.8) is 0 Å². The minimum Gasteiger partial charge on any atom is -0.309 e. The molecular weight excluding hydrogens is 362 g/mol. The molecule has 6 nitrogen and oxygen atoms in total. The summed E-state index contributed by atoms with van der Waals surface area (Å²) in [6.07, 6.45) is 1.63. The monoisotopic (exact) mass is 373 g/mol. The molecule has 0 spiro atoms. The van der Waals surface area contributed by atoms with E-state index in [1.807, 2.05) is 30.3 Å². The number of anilines is 1. The molecular formula is C17H12ClN3O3S. The van der Waals surface area contributed by atoms with Gasteiger partial charge in [-0.15, -0.1) is 0 Å². The zero-order valence-electron chi connectivity index (χ0n) is 12.8. The van der Waals surface area contributed by atoms with Crippen molar-refractivity contribution in [1.82, 2.24) is 9.88 Å². The van der Waals surface area contributed by atoms with Crippen LogP contribution in [0.1, 0.15) is 5.56 Å². The highest BCUT2D eigenvalue weighted by molar-refractivity contribution is 8.18. The second kappa shape index (κ2) is 7.50. The van der Waals surface area contributed by atoms with Crippen LogP contribution in [0.25, 0.3) is 6.08 Å². The molecule has 1 aromatic carbocycles. The van der Waals surface area contributed by atoms with Gasteiger partial charge in [0.05, 0.1) is 4.91 Å². The standard InChI is InChI=1S/C17H12ClN3O3S/c18-13-7-4-8-14(19-13)20-15(22)10-21-16(23)12(25-17(21)24)9-11-5-2-1-3-6-11/h1-9H,10H2,(H,19,20,22)/b12-9+. The lowest BCUT2D eigenvalue weighted by Gasteiger charge is -2.12. The van der Waals surface area contributed by atoms with Gasteiger partial charge in [0.25, 0.3) is 11.1 Å². The van der Waals surface area contributed by atoms with E-state index in [-0.39, 0.29) is 22.4 Å². The van der Waals surface area contributed by atoms with Crippen molar-refractivity contribution in [2.45, 2.75) is 0 Å². The molecule has 1 N–H and O–H groups in total. The SMILES string of the molecule is O=C(CN1C(=O)S/C(=C/c2ccccc2)C1=O)Nc1cccc(Cl)n1. The van der Waals surface area contributed by atoms with E-state index in [0.29, 0.717) is 0 Å². The van der Waals surface area contributed by atoms with E-state index in [4.69, 9.17) is 11.6 Å². The van der Waals surface area contributed by atoms with Gasteiger partial charge in [-0.05, 0) is 35.5 Å². The topological polar surface area (TPSA) is 79.4 Å². The fourth-order valence-electron chi connectivity index (χ4n) is 2.14. The average Bonchev–Trinajstić information content (AvgIpc) is 2.83. The molecule has 126 valence electrons. The number of pyridine rings is 1. The number of amides is 3. The minimum atomic E-state index is -0.530. The Bertz CT molecular complexity index is 870. The van der Waals surface area contributed by atoms with Crippen LogP contribution in [0.3, 0.4) is 0 Å². The zero-order chi connectivity index (χ0) is 17.8. The number of carbonyl (C=O) groups is 3. The van der Waals surface area contributed by atoms with Crippen LogP contribution in [0.5, 0.6) is 0 Å². The number of rotatable bonds is 4. The lowest BCUT2D eigenvalue weighted by Crippen LogP contribution is -2.36. The van der Waals surface area contributed by atoms with Crippen LogP contribution < -0.4 is 5.32 Å². The summed E-state index contributed by atoms with van der Waals surface area (Å²) in [6, 6.07) is 13.9. The molecule has 1 saturated heterocycles. The third-order valence-electron chi connectivity index (χ3n) is 3.26. The Morgan fingerprint density at radius 2 is 1.92 bits per heavy atom. The molecule has 2 aromatic rings. The average molecular weight is 374 g/mol. The zero-order valence-corrected chi connectivity index (χ0v) is 14.4. The van der Waals surface area contributed by atoms with Gasteiger partial charge in [0.1, 0.15) is 17.5 Å². The first-order valence-corrected chi connectivity index (χ1v) is 8.45. The van der Waals surface area contributed by atoms with Crippen LogP contribution in [0, 0.1) is 0 Å². The van der Waals surface area contributed by atoms with Crippen molar-refractivity contribution >= 4 is 52.3 Å². The van der Waals surface area contributed by atoms with Gasteiger partial charge < -0.3 is 5.32 Å². The number of halogens is 1. The quantitative estimate of drug-likeness (QED) is 0.656. The summed E-state index contributed by atoms with van der Waals surface area (Å²) in [5.74, 6) is -0.768. The molecule has 0 aliphatic carbocycles. The van der Waals surface area contributed by atoms with E-state index < -0.39 is 17.1 Å². The maximum absolute atomic E-state index is 12.4. The van der Waals surface area contributed by atoms with Crippen LogP contribution in [-0.4, -0.2) is 33.5 Å². The van der Waals surface area contributed by atoms with Crippen molar-refractivity contribution in [2.24, 2.45) is 0 Å². The largest absolute Gasteiger partial charge is 0.309 e. The predicted octanol–water partition coefficient (Wildman–Crippen LogP) is 3.41. The molecule has 0 radical (unpaired) electrons. The first kappa shape index (κ1) is 17.2. The highest BCUT2D eigenvalue weighted by atomic mass is 35.5. The van der Waals surface area contributed by atoms with Crippen molar-refractivity contribution in [3.8, 4) is 0 Å². The minimum absolute atomic E-state index is 0.231. The number of aromatic nitrogens is 1. The van der Waals surface area contributed by atoms with Gasteiger partial charge in [0, 0.05) is 0 Å². The first-order chi connectivity index (χ1) is 12.0. The van der Waals surface area contributed by atoms with Crippen LogP contribution >= 0.6 is 23.4 Å². The summed E-state index contributed by atoms with van der Waals surface area (Å²) in [5.41, 5.74) is 0.806. The van der Waals surface area contributed by atoms with Gasteiger partial charge in [0.2, 0.25) is 5.91 Å². The number of hydrogen-bond donors (Lipinski definition) is 1. The van der Waals surface area contributed by atoms with Gasteiger partial charge >= 0.3 is 0 Å². The number of imide groups is 1. The highest BCUT2D eigenvalue weighted by Crippen LogP contribution is 2.32. The Hall–Kier alpha value is -2.64. The van der Waals surface area contributed by atoms with E-state index in [1.54, 1.807) is 24.3 Å². The fourth-order valence-corrected chi connectivity index (χ4v) is 3.14. The number of hydrogen-bond acceptors (Lipinski definition) is 5. The maximum Gasteiger partial charge on any atom is 0.294 e. The summed E-state index contributed by atoms with van der Waals surface area (Å²) in [5, 5.41) is 2.25. The molecule has 25 heavy (non-hydrogen) atoms. The normalized spacial score (nSPS) is 15.7. The van der Waals surface area contributed by atoms with Gasteiger partial charge in [-0.1, -0.05) is 48.0 Å². The molecule has 1 aliphatic rings. The third-order valence-corrected chi connectivity index (χ3v) is 4.37. The number of benzene rings is 1. The maximum atomic E-state index is 12.4. The van der Waals surface area contributed by atoms with E-state index in [2.05, 4.69) is 10.3 Å². The fraction of sp³-hybridized carbons (Fsp3) is 0.0588. The van der Waals surface area contributed by atoms with Crippen LogP contribution in [0.2, 0.25) is 5.15 Å². The molecule has 0 saturated carbocycles. The third kappa shape index (κ3) is 4.26. The Morgan fingerprint density at radius 1 is 1.16 bits per heavy atom.